The second kappa shape index (κ2) is 9.54. The molecular formula is C22H21ClFNO5. The largest absolute Gasteiger partial charge is 0.497 e. The van der Waals surface area contributed by atoms with Crippen molar-refractivity contribution in [2.24, 2.45) is 0 Å². The number of hydrogen-bond acceptors (Lipinski definition) is 5. The highest BCUT2D eigenvalue weighted by Crippen LogP contribution is 2.30. The Morgan fingerprint density at radius 3 is 2.57 bits per heavy atom. The smallest absolute Gasteiger partial charge is 0.287 e. The van der Waals surface area contributed by atoms with Crippen LogP contribution in [0, 0.1) is 5.82 Å². The lowest BCUT2D eigenvalue weighted by Crippen LogP contribution is -2.26. The Balaban J connectivity index is 1.65. The maximum absolute atomic E-state index is 13.1. The number of halogens is 2. The minimum atomic E-state index is -0.453. The van der Waals surface area contributed by atoms with Crippen LogP contribution in [0.4, 0.5) is 4.39 Å². The number of benzene rings is 2. The molecule has 0 aliphatic rings. The average molecular weight is 434 g/mol. The van der Waals surface area contributed by atoms with Gasteiger partial charge in [0.05, 0.1) is 25.3 Å². The van der Waals surface area contributed by atoms with Gasteiger partial charge in [0.25, 0.3) is 5.91 Å². The Morgan fingerprint density at radius 2 is 1.87 bits per heavy atom. The molecule has 2 aromatic carbocycles. The third-order valence-electron chi connectivity index (χ3n) is 4.40. The van der Waals surface area contributed by atoms with Gasteiger partial charge in [-0.15, -0.1) is 0 Å². The predicted molar refractivity (Wildman–Crippen MR) is 110 cm³/mol. The first kappa shape index (κ1) is 21.5. The molecular weight excluding hydrogens is 413 g/mol. The fourth-order valence-corrected chi connectivity index (χ4v) is 3.06. The lowest BCUT2D eigenvalue weighted by atomic mass is 10.1. The number of amides is 1. The second-order valence-corrected chi connectivity index (χ2v) is 6.84. The second-order valence-electron chi connectivity index (χ2n) is 6.43. The van der Waals surface area contributed by atoms with Gasteiger partial charge < -0.3 is 23.9 Å². The molecule has 1 unspecified atom stereocenters. The SMILES string of the molecule is COc1ccc(OC)c(C(C)NC(=O)c2ccc(COc3ccc(F)cc3Cl)o2)c1. The van der Waals surface area contributed by atoms with Gasteiger partial charge in [0, 0.05) is 5.56 Å². The molecule has 1 atom stereocenters. The van der Waals surface area contributed by atoms with E-state index in [4.69, 9.17) is 30.2 Å². The Labute approximate surface area is 178 Å². The molecule has 3 rings (SSSR count). The van der Waals surface area contributed by atoms with Crippen LogP contribution >= 0.6 is 11.6 Å². The summed E-state index contributed by atoms with van der Waals surface area (Å²) in [6.07, 6.45) is 0. The third kappa shape index (κ3) is 5.04. The molecule has 0 aliphatic carbocycles. The fraction of sp³-hybridized carbons (Fsp3) is 0.227. The summed E-state index contributed by atoms with van der Waals surface area (Å²) in [5.41, 5.74) is 0.770. The van der Waals surface area contributed by atoms with E-state index in [0.29, 0.717) is 23.0 Å². The Bertz CT molecular complexity index is 1040. The van der Waals surface area contributed by atoms with E-state index in [1.165, 1.54) is 12.1 Å². The number of carbonyl (C=O) groups excluding carboxylic acids is 1. The Morgan fingerprint density at radius 1 is 1.10 bits per heavy atom. The molecule has 158 valence electrons. The van der Waals surface area contributed by atoms with E-state index in [1.807, 2.05) is 6.92 Å². The zero-order valence-electron chi connectivity index (χ0n) is 16.7. The molecule has 1 aromatic heterocycles. The zero-order chi connectivity index (χ0) is 21.7. The van der Waals surface area contributed by atoms with Crippen LogP contribution in [0.15, 0.2) is 52.9 Å². The van der Waals surface area contributed by atoms with E-state index in [9.17, 15) is 9.18 Å². The van der Waals surface area contributed by atoms with Crippen LogP contribution in [-0.4, -0.2) is 20.1 Å². The molecule has 1 amide bonds. The highest BCUT2D eigenvalue weighted by molar-refractivity contribution is 6.32. The van der Waals surface area contributed by atoms with Crippen molar-refractivity contribution in [1.82, 2.24) is 5.32 Å². The highest BCUT2D eigenvalue weighted by atomic mass is 35.5. The van der Waals surface area contributed by atoms with E-state index >= 15 is 0 Å². The van der Waals surface area contributed by atoms with Crippen molar-refractivity contribution < 1.29 is 27.8 Å². The minimum absolute atomic E-state index is 0.0396. The summed E-state index contributed by atoms with van der Waals surface area (Å²) in [6.45, 7) is 1.87. The molecule has 8 heteroatoms. The molecule has 3 aromatic rings. The first-order chi connectivity index (χ1) is 14.4. The maximum Gasteiger partial charge on any atom is 0.287 e. The summed E-state index contributed by atoms with van der Waals surface area (Å²) in [7, 11) is 3.13. The first-order valence-corrected chi connectivity index (χ1v) is 9.48. The number of carbonyl (C=O) groups is 1. The van der Waals surface area contributed by atoms with Crippen molar-refractivity contribution in [2.45, 2.75) is 19.6 Å². The van der Waals surface area contributed by atoms with Crippen molar-refractivity contribution in [3.63, 3.8) is 0 Å². The Kier molecular flexibility index (Phi) is 6.84. The normalized spacial score (nSPS) is 11.6. The van der Waals surface area contributed by atoms with E-state index in [-0.39, 0.29) is 23.4 Å². The van der Waals surface area contributed by atoms with Crippen LogP contribution in [0.25, 0.3) is 0 Å². The van der Waals surface area contributed by atoms with Crippen molar-refractivity contribution in [2.75, 3.05) is 14.2 Å². The van der Waals surface area contributed by atoms with E-state index in [0.717, 1.165) is 11.6 Å². The number of ether oxygens (including phenoxy) is 3. The number of rotatable bonds is 8. The molecule has 0 spiro atoms. The van der Waals surface area contributed by atoms with Gasteiger partial charge in [0.2, 0.25) is 0 Å². The molecule has 0 fully saturated rings. The quantitative estimate of drug-likeness (QED) is 0.531. The standard InChI is InChI=1S/C22H21ClFNO5/c1-13(17-11-15(27-2)5-8-19(17)28-3)25-22(26)21-9-6-16(30-21)12-29-20-7-4-14(24)10-18(20)23/h4-11,13H,12H2,1-3H3,(H,25,26). The molecule has 1 heterocycles. The molecule has 0 radical (unpaired) electrons. The van der Waals surface area contributed by atoms with Crippen LogP contribution in [-0.2, 0) is 6.61 Å². The van der Waals surface area contributed by atoms with Gasteiger partial charge in [-0.2, -0.15) is 0 Å². The van der Waals surface area contributed by atoms with Crippen LogP contribution in [0.3, 0.4) is 0 Å². The lowest BCUT2D eigenvalue weighted by molar-refractivity contribution is 0.0907. The van der Waals surface area contributed by atoms with Gasteiger partial charge in [0.15, 0.2) is 5.76 Å². The molecule has 0 saturated heterocycles. The maximum atomic E-state index is 13.1. The lowest BCUT2D eigenvalue weighted by Gasteiger charge is -2.17. The molecule has 6 nitrogen and oxygen atoms in total. The highest BCUT2D eigenvalue weighted by Gasteiger charge is 2.18. The van der Waals surface area contributed by atoms with E-state index in [1.54, 1.807) is 44.6 Å². The van der Waals surface area contributed by atoms with Crippen LogP contribution < -0.4 is 19.5 Å². The number of hydrogen-bond donors (Lipinski definition) is 1. The van der Waals surface area contributed by atoms with Gasteiger partial charge in [-0.25, -0.2) is 4.39 Å². The summed E-state index contributed by atoms with van der Waals surface area (Å²) in [6, 6.07) is 12.0. The summed E-state index contributed by atoms with van der Waals surface area (Å²) in [5, 5.41) is 3.02. The van der Waals surface area contributed by atoms with Crippen molar-refractivity contribution in [3.8, 4) is 17.2 Å². The van der Waals surface area contributed by atoms with Crippen molar-refractivity contribution in [1.29, 1.82) is 0 Å². The fourth-order valence-electron chi connectivity index (χ4n) is 2.84. The summed E-state index contributed by atoms with van der Waals surface area (Å²) >= 11 is 5.93. The molecule has 1 N–H and O–H groups in total. The molecule has 0 aliphatic heterocycles. The van der Waals surface area contributed by atoms with Crippen molar-refractivity contribution >= 4 is 17.5 Å². The summed E-state index contributed by atoms with van der Waals surface area (Å²) in [5.74, 6) is 1.32. The van der Waals surface area contributed by atoms with E-state index < -0.39 is 11.7 Å². The topological polar surface area (TPSA) is 69.9 Å². The van der Waals surface area contributed by atoms with Crippen LogP contribution in [0.5, 0.6) is 17.2 Å². The van der Waals surface area contributed by atoms with E-state index in [2.05, 4.69) is 5.32 Å². The molecule has 0 bridgehead atoms. The number of nitrogens with one attached hydrogen (secondary N) is 1. The van der Waals surface area contributed by atoms with Crippen molar-refractivity contribution in [3.05, 3.63) is 76.5 Å². The average Bonchev–Trinajstić information content (AvgIpc) is 3.21. The molecule has 30 heavy (non-hydrogen) atoms. The van der Waals surface area contributed by atoms with Gasteiger partial charge in [-0.05, 0) is 55.5 Å². The summed E-state index contributed by atoms with van der Waals surface area (Å²) < 4.78 is 34.8. The van der Waals surface area contributed by atoms with Gasteiger partial charge in [-0.1, -0.05) is 11.6 Å². The third-order valence-corrected chi connectivity index (χ3v) is 4.70. The Hall–Kier alpha value is -3.19. The number of furan rings is 1. The molecule has 0 saturated carbocycles. The first-order valence-electron chi connectivity index (χ1n) is 9.10. The van der Waals surface area contributed by atoms with Gasteiger partial charge in [0.1, 0.15) is 35.4 Å². The summed E-state index contributed by atoms with van der Waals surface area (Å²) in [4.78, 5) is 12.6. The zero-order valence-corrected chi connectivity index (χ0v) is 17.5. The monoisotopic (exact) mass is 433 g/mol. The van der Waals surface area contributed by atoms with Gasteiger partial charge >= 0.3 is 0 Å². The van der Waals surface area contributed by atoms with Crippen LogP contribution in [0.2, 0.25) is 5.02 Å². The predicted octanol–water partition coefficient (Wildman–Crippen LogP) is 5.16. The van der Waals surface area contributed by atoms with Crippen LogP contribution in [0.1, 0.15) is 34.8 Å². The number of methoxy groups -OCH3 is 2. The minimum Gasteiger partial charge on any atom is -0.497 e. The van der Waals surface area contributed by atoms with Gasteiger partial charge in [-0.3, -0.25) is 4.79 Å².